The van der Waals surface area contributed by atoms with Gasteiger partial charge in [0.05, 0.1) is 23.5 Å². The van der Waals surface area contributed by atoms with E-state index in [9.17, 15) is 0 Å². The standard InChI is InChI=1S/C23H30N4OS/c1-2-27-21-16-19(28-13-3-10-26-11-14-29-15-12-26)8-9-20(21)22(25)23(27)17-4-6-18(24)7-5-17/h4-9,16H,2-3,10-15,24-25H2,1H3. The van der Waals surface area contributed by atoms with Crippen LogP contribution in [0.3, 0.4) is 0 Å². The molecule has 2 heterocycles. The minimum absolute atomic E-state index is 0.738. The average molecular weight is 411 g/mol. The van der Waals surface area contributed by atoms with E-state index >= 15 is 0 Å². The molecule has 3 aromatic rings. The van der Waals surface area contributed by atoms with Crippen molar-refractivity contribution in [2.75, 3.05) is 49.2 Å². The van der Waals surface area contributed by atoms with Crippen LogP contribution in [-0.2, 0) is 6.54 Å². The summed E-state index contributed by atoms with van der Waals surface area (Å²) in [7, 11) is 0. The first-order chi connectivity index (χ1) is 14.2. The molecule has 4 rings (SSSR count). The third-order valence-corrected chi connectivity index (χ3v) is 6.51. The summed E-state index contributed by atoms with van der Waals surface area (Å²) in [4.78, 5) is 2.53. The van der Waals surface area contributed by atoms with Gasteiger partial charge >= 0.3 is 0 Å². The van der Waals surface area contributed by atoms with E-state index in [-0.39, 0.29) is 0 Å². The number of hydrogen-bond donors (Lipinski definition) is 2. The topological polar surface area (TPSA) is 69.4 Å². The normalized spacial score (nSPS) is 15.1. The van der Waals surface area contributed by atoms with Crippen LogP contribution in [0.15, 0.2) is 42.5 Å². The summed E-state index contributed by atoms with van der Waals surface area (Å²) < 4.78 is 8.33. The third kappa shape index (κ3) is 4.33. The molecule has 0 spiro atoms. The van der Waals surface area contributed by atoms with Crippen LogP contribution in [0, 0.1) is 0 Å². The lowest BCUT2D eigenvalue weighted by atomic mass is 10.1. The minimum atomic E-state index is 0.738. The number of fused-ring (bicyclic) bond motifs is 1. The van der Waals surface area contributed by atoms with Gasteiger partial charge in [-0.1, -0.05) is 12.1 Å². The number of ether oxygens (including phenoxy) is 1. The maximum absolute atomic E-state index is 6.54. The van der Waals surface area contributed by atoms with Gasteiger partial charge in [0.2, 0.25) is 0 Å². The molecule has 1 aliphatic rings. The molecular weight excluding hydrogens is 380 g/mol. The zero-order valence-electron chi connectivity index (χ0n) is 17.1. The molecule has 0 radical (unpaired) electrons. The lowest BCUT2D eigenvalue weighted by molar-refractivity contribution is 0.249. The molecule has 0 aliphatic carbocycles. The number of aromatic nitrogens is 1. The van der Waals surface area contributed by atoms with Gasteiger partial charge in [-0.3, -0.25) is 0 Å². The molecule has 6 heteroatoms. The molecule has 1 aromatic heterocycles. The summed E-state index contributed by atoms with van der Waals surface area (Å²) >= 11 is 2.05. The molecule has 1 saturated heterocycles. The number of nitrogen functional groups attached to an aromatic ring is 2. The molecule has 0 amide bonds. The number of rotatable bonds is 7. The quantitative estimate of drug-likeness (QED) is 0.449. The van der Waals surface area contributed by atoms with E-state index in [1.54, 1.807) is 0 Å². The molecule has 0 bridgehead atoms. The second-order valence-electron chi connectivity index (χ2n) is 7.46. The Balaban J connectivity index is 1.51. The summed E-state index contributed by atoms with van der Waals surface area (Å²) in [6.45, 7) is 7.24. The van der Waals surface area contributed by atoms with E-state index in [2.05, 4.69) is 28.5 Å². The third-order valence-electron chi connectivity index (χ3n) is 5.57. The second kappa shape index (κ2) is 9.01. The van der Waals surface area contributed by atoms with Crippen molar-refractivity contribution in [3.63, 3.8) is 0 Å². The monoisotopic (exact) mass is 410 g/mol. The highest BCUT2D eigenvalue weighted by atomic mass is 32.2. The first kappa shape index (κ1) is 20.0. The highest BCUT2D eigenvalue weighted by Gasteiger charge is 2.16. The SMILES string of the molecule is CCn1c(-c2ccc(N)cc2)c(N)c2ccc(OCCCN3CCSCC3)cc21. The second-order valence-corrected chi connectivity index (χ2v) is 8.69. The van der Waals surface area contributed by atoms with Crippen molar-refractivity contribution in [2.24, 2.45) is 0 Å². The number of nitrogens with zero attached hydrogens (tertiary/aromatic N) is 2. The fourth-order valence-electron chi connectivity index (χ4n) is 4.03. The molecule has 5 nitrogen and oxygen atoms in total. The maximum Gasteiger partial charge on any atom is 0.121 e. The zero-order chi connectivity index (χ0) is 20.2. The zero-order valence-corrected chi connectivity index (χ0v) is 17.9. The van der Waals surface area contributed by atoms with Crippen LogP contribution >= 0.6 is 11.8 Å². The van der Waals surface area contributed by atoms with Gasteiger partial charge in [0.1, 0.15) is 5.75 Å². The van der Waals surface area contributed by atoms with Gasteiger partial charge in [-0.2, -0.15) is 11.8 Å². The number of aryl methyl sites for hydroxylation is 1. The fourth-order valence-corrected chi connectivity index (χ4v) is 5.01. The molecule has 1 fully saturated rings. The van der Waals surface area contributed by atoms with E-state index in [4.69, 9.17) is 16.2 Å². The first-order valence-electron chi connectivity index (χ1n) is 10.4. The minimum Gasteiger partial charge on any atom is -0.493 e. The summed E-state index contributed by atoms with van der Waals surface area (Å²) in [5.41, 5.74) is 17.2. The molecule has 4 N–H and O–H groups in total. The maximum atomic E-state index is 6.54. The Morgan fingerprint density at radius 2 is 1.79 bits per heavy atom. The van der Waals surface area contributed by atoms with Crippen molar-refractivity contribution in [2.45, 2.75) is 19.9 Å². The van der Waals surface area contributed by atoms with Gasteiger partial charge in [-0.25, -0.2) is 0 Å². The van der Waals surface area contributed by atoms with Crippen LogP contribution in [0.4, 0.5) is 11.4 Å². The molecule has 0 atom stereocenters. The Hall–Kier alpha value is -2.31. The van der Waals surface area contributed by atoms with E-state index in [0.717, 1.165) is 65.4 Å². The van der Waals surface area contributed by atoms with Crippen molar-refractivity contribution in [3.8, 4) is 17.0 Å². The van der Waals surface area contributed by atoms with Gasteiger partial charge < -0.3 is 25.7 Å². The molecule has 154 valence electrons. The van der Waals surface area contributed by atoms with Crippen molar-refractivity contribution in [3.05, 3.63) is 42.5 Å². The Morgan fingerprint density at radius 3 is 2.52 bits per heavy atom. The van der Waals surface area contributed by atoms with Crippen LogP contribution in [0.2, 0.25) is 0 Å². The van der Waals surface area contributed by atoms with Gasteiger partial charge in [-0.15, -0.1) is 0 Å². The van der Waals surface area contributed by atoms with E-state index in [0.29, 0.717) is 0 Å². The number of thioether (sulfide) groups is 1. The van der Waals surface area contributed by atoms with Crippen molar-refractivity contribution < 1.29 is 4.74 Å². The molecule has 2 aromatic carbocycles. The predicted molar refractivity (Wildman–Crippen MR) is 126 cm³/mol. The molecule has 0 unspecified atom stereocenters. The molecule has 0 saturated carbocycles. The van der Waals surface area contributed by atoms with Gasteiger partial charge in [0.25, 0.3) is 0 Å². The van der Waals surface area contributed by atoms with Crippen LogP contribution in [0.25, 0.3) is 22.2 Å². The summed E-state index contributed by atoms with van der Waals surface area (Å²) in [6, 6.07) is 14.1. The Labute approximate surface area is 177 Å². The number of nitrogens with two attached hydrogens (primary N) is 2. The lowest BCUT2D eigenvalue weighted by Gasteiger charge is -2.25. The van der Waals surface area contributed by atoms with E-state index in [1.807, 2.05) is 42.1 Å². The molecular formula is C23H30N4OS. The van der Waals surface area contributed by atoms with Crippen molar-refractivity contribution in [1.29, 1.82) is 0 Å². The molecule has 1 aliphatic heterocycles. The van der Waals surface area contributed by atoms with Crippen LogP contribution in [0.5, 0.6) is 5.75 Å². The van der Waals surface area contributed by atoms with Crippen molar-refractivity contribution in [1.82, 2.24) is 9.47 Å². The largest absolute Gasteiger partial charge is 0.493 e. The van der Waals surface area contributed by atoms with Crippen LogP contribution in [-0.4, -0.2) is 47.2 Å². The molecule has 29 heavy (non-hydrogen) atoms. The number of hydrogen-bond acceptors (Lipinski definition) is 5. The van der Waals surface area contributed by atoms with Gasteiger partial charge in [-0.05, 0) is 37.6 Å². The van der Waals surface area contributed by atoms with Crippen molar-refractivity contribution >= 4 is 34.0 Å². The Kier molecular flexibility index (Phi) is 6.21. The Bertz CT molecular complexity index is 961. The number of anilines is 2. The smallest absolute Gasteiger partial charge is 0.121 e. The Morgan fingerprint density at radius 1 is 1.03 bits per heavy atom. The van der Waals surface area contributed by atoms with E-state index < -0.39 is 0 Å². The highest BCUT2D eigenvalue weighted by molar-refractivity contribution is 7.99. The summed E-state index contributed by atoms with van der Waals surface area (Å²) in [6.07, 6.45) is 1.05. The predicted octanol–water partition coefficient (Wildman–Crippen LogP) is 4.31. The van der Waals surface area contributed by atoms with Crippen LogP contribution < -0.4 is 16.2 Å². The van der Waals surface area contributed by atoms with E-state index in [1.165, 1.54) is 24.6 Å². The lowest BCUT2D eigenvalue weighted by Crippen LogP contribution is -2.33. The van der Waals surface area contributed by atoms with Gasteiger partial charge in [0, 0.05) is 60.4 Å². The summed E-state index contributed by atoms with van der Waals surface area (Å²) in [5, 5.41) is 1.07. The average Bonchev–Trinajstić information content (AvgIpc) is 3.04. The fraction of sp³-hybridized carbons (Fsp3) is 0.391. The van der Waals surface area contributed by atoms with Gasteiger partial charge in [0.15, 0.2) is 0 Å². The summed E-state index contributed by atoms with van der Waals surface area (Å²) in [5.74, 6) is 3.41. The highest BCUT2D eigenvalue weighted by Crippen LogP contribution is 2.37. The van der Waals surface area contributed by atoms with Crippen LogP contribution in [0.1, 0.15) is 13.3 Å². The number of benzene rings is 2. The first-order valence-corrected chi connectivity index (χ1v) is 11.5.